The number of ether oxygens (including phenoxy) is 1. The molecule has 1 fully saturated rings. The fourth-order valence-electron chi connectivity index (χ4n) is 2.44. The fourth-order valence-corrected chi connectivity index (χ4v) is 4.73. The molecule has 0 bridgehead atoms. The zero-order chi connectivity index (χ0) is 15.4. The number of benzene rings is 1. The summed E-state index contributed by atoms with van der Waals surface area (Å²) in [5.41, 5.74) is 0.928. The molecule has 1 aromatic carbocycles. The molecule has 2 aromatic rings. The Hall–Kier alpha value is -1.78. The van der Waals surface area contributed by atoms with E-state index in [1.54, 1.807) is 30.2 Å². The van der Waals surface area contributed by atoms with E-state index in [0.717, 1.165) is 40.2 Å². The van der Waals surface area contributed by atoms with Gasteiger partial charge in [-0.05, 0) is 31.4 Å². The van der Waals surface area contributed by atoms with E-state index in [0.29, 0.717) is 5.25 Å². The van der Waals surface area contributed by atoms with Crippen LogP contribution in [0.5, 0.6) is 5.75 Å². The van der Waals surface area contributed by atoms with E-state index in [-0.39, 0.29) is 5.92 Å². The second-order valence-corrected chi connectivity index (χ2v) is 7.63. The summed E-state index contributed by atoms with van der Waals surface area (Å²) in [5, 5.41) is 21.9. The molecular weight excluding hydrogens is 316 g/mol. The van der Waals surface area contributed by atoms with Crippen LogP contribution >= 0.6 is 23.1 Å². The maximum absolute atomic E-state index is 8.96. The summed E-state index contributed by atoms with van der Waals surface area (Å²) in [4.78, 5) is 0. The van der Waals surface area contributed by atoms with E-state index in [1.807, 2.05) is 24.3 Å². The standard InChI is InChI=1S/C15H16N4OS2/c1-20-12-4-2-3-11(8-12)17-14-18-19-15(22-14)21-13-6-5-10(7-13)9-16/h2-4,8,10,13H,5-7H2,1H3,(H,17,18). The average Bonchev–Trinajstić information content (AvgIpc) is 3.17. The summed E-state index contributed by atoms with van der Waals surface area (Å²) < 4.78 is 6.16. The van der Waals surface area contributed by atoms with Crippen molar-refractivity contribution in [3.05, 3.63) is 24.3 Å². The maximum Gasteiger partial charge on any atom is 0.210 e. The molecule has 114 valence electrons. The van der Waals surface area contributed by atoms with Crippen molar-refractivity contribution < 1.29 is 4.74 Å². The lowest BCUT2D eigenvalue weighted by Crippen LogP contribution is -1.95. The smallest absolute Gasteiger partial charge is 0.210 e. The highest BCUT2D eigenvalue weighted by atomic mass is 32.2. The molecule has 0 aliphatic heterocycles. The number of methoxy groups -OCH3 is 1. The average molecular weight is 332 g/mol. The molecular formula is C15H16N4OS2. The Bertz CT molecular complexity index is 682. The Morgan fingerprint density at radius 1 is 1.41 bits per heavy atom. The van der Waals surface area contributed by atoms with Crippen molar-refractivity contribution in [2.45, 2.75) is 28.9 Å². The van der Waals surface area contributed by atoms with Crippen LogP contribution in [0.1, 0.15) is 19.3 Å². The van der Waals surface area contributed by atoms with Gasteiger partial charge in [-0.25, -0.2) is 0 Å². The van der Waals surface area contributed by atoms with Gasteiger partial charge in [0.25, 0.3) is 0 Å². The first kappa shape index (κ1) is 15.1. The molecule has 5 nitrogen and oxygen atoms in total. The number of rotatable bonds is 5. The molecule has 1 N–H and O–H groups in total. The lowest BCUT2D eigenvalue weighted by Gasteiger charge is -2.05. The molecule has 1 heterocycles. The Kier molecular flexibility index (Phi) is 4.80. The molecule has 2 unspecified atom stereocenters. The lowest BCUT2D eigenvalue weighted by atomic mass is 10.1. The molecule has 22 heavy (non-hydrogen) atoms. The van der Waals surface area contributed by atoms with Crippen LogP contribution in [-0.2, 0) is 0 Å². The molecule has 3 rings (SSSR count). The zero-order valence-corrected chi connectivity index (χ0v) is 13.8. The fraction of sp³-hybridized carbons (Fsp3) is 0.400. The van der Waals surface area contributed by atoms with Gasteiger partial charge in [0, 0.05) is 22.9 Å². The number of nitrogens with zero attached hydrogens (tertiary/aromatic N) is 3. The van der Waals surface area contributed by atoms with Crippen LogP contribution in [0.3, 0.4) is 0 Å². The Balaban J connectivity index is 1.60. The highest BCUT2D eigenvalue weighted by Gasteiger charge is 2.26. The topological polar surface area (TPSA) is 70.8 Å². The highest BCUT2D eigenvalue weighted by Crippen LogP contribution is 2.39. The minimum Gasteiger partial charge on any atom is -0.497 e. The molecule has 0 spiro atoms. The lowest BCUT2D eigenvalue weighted by molar-refractivity contribution is 0.415. The highest BCUT2D eigenvalue weighted by molar-refractivity contribution is 8.01. The minimum absolute atomic E-state index is 0.208. The third-order valence-electron chi connectivity index (χ3n) is 3.56. The monoisotopic (exact) mass is 332 g/mol. The predicted molar refractivity (Wildman–Crippen MR) is 88.8 cm³/mol. The molecule has 1 saturated carbocycles. The molecule has 1 aliphatic rings. The van der Waals surface area contributed by atoms with E-state index < -0.39 is 0 Å². The molecule has 0 amide bonds. The number of hydrogen-bond acceptors (Lipinski definition) is 7. The zero-order valence-electron chi connectivity index (χ0n) is 12.2. The molecule has 2 atom stereocenters. The molecule has 0 saturated heterocycles. The normalized spacial score (nSPS) is 20.5. The van der Waals surface area contributed by atoms with Gasteiger partial charge in [0.15, 0.2) is 4.34 Å². The van der Waals surface area contributed by atoms with Crippen LogP contribution in [-0.4, -0.2) is 22.6 Å². The summed E-state index contributed by atoms with van der Waals surface area (Å²) in [5.74, 6) is 1.01. The third-order valence-corrected chi connectivity index (χ3v) is 5.78. The Morgan fingerprint density at radius 2 is 2.32 bits per heavy atom. The van der Waals surface area contributed by atoms with Crippen molar-refractivity contribution in [3.63, 3.8) is 0 Å². The largest absolute Gasteiger partial charge is 0.497 e. The van der Waals surface area contributed by atoms with Gasteiger partial charge in [-0.3, -0.25) is 0 Å². The van der Waals surface area contributed by atoms with Crippen molar-refractivity contribution >= 4 is 33.9 Å². The molecule has 7 heteroatoms. The summed E-state index contributed by atoms with van der Waals surface area (Å²) in [6.07, 6.45) is 3.04. The second-order valence-electron chi connectivity index (χ2n) is 5.11. The van der Waals surface area contributed by atoms with Gasteiger partial charge >= 0.3 is 0 Å². The minimum atomic E-state index is 0.208. The van der Waals surface area contributed by atoms with Gasteiger partial charge in [0.2, 0.25) is 5.13 Å². The van der Waals surface area contributed by atoms with Gasteiger partial charge in [-0.15, -0.1) is 10.2 Å². The first-order valence-corrected chi connectivity index (χ1v) is 8.77. The number of anilines is 2. The number of nitrogens with one attached hydrogen (secondary N) is 1. The molecule has 0 radical (unpaired) electrons. The summed E-state index contributed by atoms with van der Waals surface area (Å²) >= 11 is 3.28. The van der Waals surface area contributed by atoms with Gasteiger partial charge in [0.05, 0.1) is 13.2 Å². The second kappa shape index (κ2) is 6.99. The number of aromatic nitrogens is 2. The van der Waals surface area contributed by atoms with E-state index in [9.17, 15) is 0 Å². The van der Waals surface area contributed by atoms with Crippen LogP contribution in [0.2, 0.25) is 0 Å². The number of thioether (sulfide) groups is 1. The molecule has 1 aliphatic carbocycles. The summed E-state index contributed by atoms with van der Waals surface area (Å²) in [7, 11) is 1.65. The van der Waals surface area contributed by atoms with E-state index in [2.05, 4.69) is 21.6 Å². The predicted octanol–water partition coefficient (Wildman–Crippen LogP) is 4.07. The number of nitriles is 1. The van der Waals surface area contributed by atoms with Crippen LogP contribution in [0, 0.1) is 17.2 Å². The third kappa shape index (κ3) is 3.70. The van der Waals surface area contributed by atoms with E-state index >= 15 is 0 Å². The number of hydrogen-bond donors (Lipinski definition) is 1. The Labute approximate surface area is 137 Å². The van der Waals surface area contributed by atoms with Crippen molar-refractivity contribution in [2.75, 3.05) is 12.4 Å². The first-order valence-electron chi connectivity index (χ1n) is 7.07. The van der Waals surface area contributed by atoms with Gasteiger partial charge in [0.1, 0.15) is 5.75 Å². The summed E-state index contributed by atoms with van der Waals surface area (Å²) in [6, 6.07) is 10.1. The van der Waals surface area contributed by atoms with Gasteiger partial charge < -0.3 is 10.1 Å². The van der Waals surface area contributed by atoms with Crippen LogP contribution in [0.4, 0.5) is 10.8 Å². The first-order chi connectivity index (χ1) is 10.8. The van der Waals surface area contributed by atoms with Crippen molar-refractivity contribution in [3.8, 4) is 11.8 Å². The molecule has 1 aromatic heterocycles. The summed E-state index contributed by atoms with van der Waals surface area (Å²) in [6.45, 7) is 0. The Morgan fingerprint density at radius 3 is 3.09 bits per heavy atom. The van der Waals surface area contributed by atoms with Gasteiger partial charge in [-0.2, -0.15) is 5.26 Å². The van der Waals surface area contributed by atoms with Gasteiger partial charge in [-0.1, -0.05) is 29.2 Å². The van der Waals surface area contributed by atoms with Crippen LogP contribution in [0.15, 0.2) is 28.6 Å². The SMILES string of the molecule is COc1cccc(Nc2nnc(SC3CCC(C#N)C3)s2)c1. The maximum atomic E-state index is 8.96. The van der Waals surface area contributed by atoms with E-state index in [4.69, 9.17) is 10.00 Å². The quantitative estimate of drug-likeness (QED) is 0.890. The van der Waals surface area contributed by atoms with Crippen molar-refractivity contribution in [1.82, 2.24) is 10.2 Å². The van der Waals surface area contributed by atoms with Crippen molar-refractivity contribution in [2.24, 2.45) is 5.92 Å². The van der Waals surface area contributed by atoms with Crippen molar-refractivity contribution in [1.29, 1.82) is 5.26 Å². The van der Waals surface area contributed by atoms with Crippen LogP contribution < -0.4 is 10.1 Å². The van der Waals surface area contributed by atoms with Crippen LogP contribution in [0.25, 0.3) is 0 Å². The van der Waals surface area contributed by atoms with E-state index in [1.165, 1.54) is 0 Å².